The molecule has 0 aliphatic carbocycles. The third-order valence-electron chi connectivity index (χ3n) is 4.68. The standard InChI is InChI=1S/C20H27ClN4O2.HI/c1-22-20(23-9-8-16-5-4-12-27-16)24-15-19(25-10-13-26-14-11-25)17-6-2-3-7-18(17)21;/h2-7,12,19H,8-11,13-15H2,1H3,(H2,22,23,24);1H. The smallest absolute Gasteiger partial charge is 0.191 e. The molecule has 1 saturated heterocycles. The van der Waals surface area contributed by atoms with Gasteiger partial charge in [0.15, 0.2) is 5.96 Å². The Morgan fingerprint density at radius 2 is 1.96 bits per heavy atom. The Hall–Kier alpha value is -1.29. The van der Waals surface area contributed by atoms with Crippen LogP contribution in [0.5, 0.6) is 0 Å². The number of furan rings is 1. The van der Waals surface area contributed by atoms with Crippen LogP contribution in [-0.2, 0) is 11.2 Å². The molecule has 1 unspecified atom stereocenters. The molecule has 2 aromatic rings. The summed E-state index contributed by atoms with van der Waals surface area (Å²) >= 11 is 6.49. The van der Waals surface area contributed by atoms with Crippen LogP contribution in [0.25, 0.3) is 0 Å². The number of benzene rings is 1. The Labute approximate surface area is 188 Å². The quantitative estimate of drug-likeness (QED) is 0.335. The summed E-state index contributed by atoms with van der Waals surface area (Å²) in [7, 11) is 1.78. The maximum Gasteiger partial charge on any atom is 0.191 e. The van der Waals surface area contributed by atoms with E-state index in [2.05, 4.69) is 26.6 Å². The molecule has 28 heavy (non-hydrogen) atoms. The van der Waals surface area contributed by atoms with Crippen molar-refractivity contribution in [1.82, 2.24) is 15.5 Å². The molecule has 2 N–H and O–H groups in total. The lowest BCUT2D eigenvalue weighted by atomic mass is 10.0. The van der Waals surface area contributed by atoms with E-state index in [0.29, 0.717) is 6.54 Å². The van der Waals surface area contributed by atoms with E-state index in [1.165, 1.54) is 0 Å². The molecule has 0 saturated carbocycles. The summed E-state index contributed by atoms with van der Waals surface area (Å²) in [6, 6.07) is 12.1. The summed E-state index contributed by atoms with van der Waals surface area (Å²) in [6.45, 7) is 4.74. The molecule has 1 atom stereocenters. The second kappa shape index (κ2) is 12.3. The number of morpholine rings is 1. The van der Waals surface area contributed by atoms with Crippen molar-refractivity contribution in [3.8, 4) is 0 Å². The minimum atomic E-state index is 0. The van der Waals surface area contributed by atoms with Gasteiger partial charge >= 0.3 is 0 Å². The van der Waals surface area contributed by atoms with Crippen molar-refractivity contribution in [1.29, 1.82) is 0 Å². The first-order valence-corrected chi connectivity index (χ1v) is 9.69. The van der Waals surface area contributed by atoms with Gasteiger partial charge in [-0.15, -0.1) is 24.0 Å². The van der Waals surface area contributed by atoms with Gasteiger partial charge in [0.25, 0.3) is 0 Å². The van der Waals surface area contributed by atoms with Crippen LogP contribution in [0.4, 0.5) is 0 Å². The molecule has 8 heteroatoms. The number of rotatable bonds is 7. The molecule has 1 fully saturated rings. The van der Waals surface area contributed by atoms with E-state index in [-0.39, 0.29) is 30.0 Å². The molecule has 0 bridgehead atoms. The Kier molecular flexibility index (Phi) is 10.1. The van der Waals surface area contributed by atoms with E-state index in [9.17, 15) is 0 Å². The van der Waals surface area contributed by atoms with Crippen LogP contribution in [0.2, 0.25) is 5.02 Å². The molecule has 1 aromatic heterocycles. The van der Waals surface area contributed by atoms with Gasteiger partial charge in [-0.2, -0.15) is 0 Å². The number of hydrogen-bond acceptors (Lipinski definition) is 4. The average molecular weight is 519 g/mol. The van der Waals surface area contributed by atoms with Gasteiger partial charge in [-0.1, -0.05) is 29.8 Å². The highest BCUT2D eigenvalue weighted by atomic mass is 127. The second-order valence-electron chi connectivity index (χ2n) is 6.39. The fourth-order valence-corrected chi connectivity index (χ4v) is 3.50. The van der Waals surface area contributed by atoms with Gasteiger partial charge in [0.05, 0.1) is 25.5 Å². The summed E-state index contributed by atoms with van der Waals surface area (Å²) in [5, 5.41) is 7.56. The number of ether oxygens (including phenoxy) is 1. The summed E-state index contributed by atoms with van der Waals surface area (Å²) in [5.74, 6) is 1.73. The summed E-state index contributed by atoms with van der Waals surface area (Å²) < 4.78 is 10.9. The second-order valence-corrected chi connectivity index (χ2v) is 6.80. The molecule has 0 radical (unpaired) electrons. The third kappa shape index (κ3) is 6.65. The van der Waals surface area contributed by atoms with Gasteiger partial charge in [0, 0.05) is 44.7 Å². The number of guanidine groups is 1. The van der Waals surface area contributed by atoms with Gasteiger partial charge in [0.2, 0.25) is 0 Å². The van der Waals surface area contributed by atoms with Crippen LogP contribution in [0.1, 0.15) is 17.4 Å². The van der Waals surface area contributed by atoms with Gasteiger partial charge in [-0.25, -0.2) is 0 Å². The maximum absolute atomic E-state index is 6.49. The van der Waals surface area contributed by atoms with Crippen LogP contribution in [-0.4, -0.2) is 57.3 Å². The van der Waals surface area contributed by atoms with E-state index in [1.54, 1.807) is 13.3 Å². The van der Waals surface area contributed by atoms with Gasteiger partial charge in [0.1, 0.15) is 5.76 Å². The highest BCUT2D eigenvalue weighted by Gasteiger charge is 2.24. The number of hydrogen-bond donors (Lipinski definition) is 2. The lowest BCUT2D eigenvalue weighted by Gasteiger charge is -2.35. The number of nitrogens with one attached hydrogen (secondary N) is 2. The molecule has 3 rings (SSSR count). The maximum atomic E-state index is 6.49. The Bertz CT molecular complexity index is 721. The van der Waals surface area contributed by atoms with Crippen LogP contribution >= 0.6 is 35.6 Å². The van der Waals surface area contributed by atoms with Crippen molar-refractivity contribution in [2.75, 3.05) is 46.4 Å². The number of nitrogens with zero attached hydrogens (tertiary/aromatic N) is 2. The molecule has 1 aliphatic heterocycles. The zero-order valence-electron chi connectivity index (χ0n) is 16.1. The third-order valence-corrected chi connectivity index (χ3v) is 5.03. The Balaban J connectivity index is 0.00000280. The van der Waals surface area contributed by atoms with Crippen LogP contribution in [0.15, 0.2) is 52.1 Å². The largest absolute Gasteiger partial charge is 0.469 e. The Morgan fingerprint density at radius 3 is 2.64 bits per heavy atom. The van der Waals surface area contributed by atoms with Gasteiger partial charge in [-0.05, 0) is 23.8 Å². The zero-order valence-corrected chi connectivity index (χ0v) is 19.2. The molecule has 6 nitrogen and oxygen atoms in total. The fourth-order valence-electron chi connectivity index (χ4n) is 3.24. The van der Waals surface area contributed by atoms with Crippen molar-refractivity contribution >= 4 is 41.5 Å². The minimum absolute atomic E-state index is 0. The predicted octanol–water partition coefficient (Wildman–Crippen LogP) is 3.33. The highest BCUT2D eigenvalue weighted by molar-refractivity contribution is 14.0. The van der Waals surface area contributed by atoms with Crippen LogP contribution in [0, 0.1) is 0 Å². The van der Waals surface area contributed by atoms with Crippen LogP contribution in [0.3, 0.4) is 0 Å². The first kappa shape index (κ1) is 23.0. The van der Waals surface area contributed by atoms with Crippen molar-refractivity contribution in [2.24, 2.45) is 4.99 Å². The van der Waals surface area contributed by atoms with Crippen LogP contribution < -0.4 is 10.6 Å². The molecular formula is C20H28ClIN4O2. The zero-order chi connectivity index (χ0) is 18.9. The minimum Gasteiger partial charge on any atom is -0.469 e. The first-order chi connectivity index (χ1) is 13.3. The summed E-state index contributed by atoms with van der Waals surface area (Å²) in [4.78, 5) is 6.74. The Morgan fingerprint density at radius 1 is 1.18 bits per heavy atom. The lowest BCUT2D eigenvalue weighted by molar-refractivity contribution is 0.0170. The molecular weight excluding hydrogens is 491 g/mol. The predicted molar refractivity (Wildman–Crippen MR) is 124 cm³/mol. The van der Waals surface area contributed by atoms with Crippen molar-refractivity contribution < 1.29 is 9.15 Å². The van der Waals surface area contributed by atoms with Crippen molar-refractivity contribution in [2.45, 2.75) is 12.5 Å². The van der Waals surface area contributed by atoms with E-state index in [0.717, 1.165) is 61.6 Å². The number of aliphatic imine (C=N–C) groups is 1. The first-order valence-electron chi connectivity index (χ1n) is 9.31. The summed E-state index contributed by atoms with van der Waals surface area (Å²) in [6.07, 6.45) is 2.50. The SMILES string of the molecule is CN=C(NCCc1ccco1)NCC(c1ccccc1Cl)N1CCOCC1.I. The monoisotopic (exact) mass is 518 g/mol. The van der Waals surface area contributed by atoms with E-state index < -0.39 is 0 Å². The van der Waals surface area contributed by atoms with E-state index >= 15 is 0 Å². The molecule has 0 spiro atoms. The normalized spacial score (nSPS) is 16.3. The summed E-state index contributed by atoms with van der Waals surface area (Å²) in [5.41, 5.74) is 1.12. The van der Waals surface area contributed by atoms with Gasteiger partial charge < -0.3 is 19.8 Å². The molecule has 2 heterocycles. The molecule has 1 aromatic carbocycles. The van der Waals surface area contributed by atoms with E-state index in [1.807, 2.05) is 30.3 Å². The lowest BCUT2D eigenvalue weighted by Crippen LogP contribution is -2.46. The molecule has 1 aliphatic rings. The van der Waals surface area contributed by atoms with Crippen molar-refractivity contribution in [3.63, 3.8) is 0 Å². The fraction of sp³-hybridized carbons (Fsp3) is 0.450. The van der Waals surface area contributed by atoms with E-state index in [4.69, 9.17) is 20.8 Å². The highest BCUT2D eigenvalue weighted by Crippen LogP contribution is 2.27. The topological polar surface area (TPSA) is 62.0 Å². The number of halogens is 2. The molecule has 154 valence electrons. The van der Waals surface area contributed by atoms with Gasteiger partial charge in [-0.3, -0.25) is 9.89 Å². The average Bonchev–Trinajstić information content (AvgIpc) is 3.22. The molecule has 0 amide bonds. The van der Waals surface area contributed by atoms with Crippen molar-refractivity contribution in [3.05, 3.63) is 59.0 Å².